The van der Waals surface area contributed by atoms with Crippen molar-refractivity contribution in [3.05, 3.63) is 114 Å². The molecule has 220 valence electrons. The molecule has 0 atom stereocenters. The number of rotatable bonds is 8. The fourth-order valence-electron chi connectivity index (χ4n) is 5.03. The van der Waals surface area contributed by atoms with Crippen LogP contribution in [0.15, 0.2) is 107 Å². The van der Waals surface area contributed by atoms with Gasteiger partial charge in [0, 0.05) is 65.5 Å². The van der Waals surface area contributed by atoms with Crippen molar-refractivity contribution in [2.24, 2.45) is 0 Å². The molecule has 3 heterocycles. The first-order valence-corrected chi connectivity index (χ1v) is 14.9. The number of hydrogen-bond acceptors (Lipinski definition) is 10. The summed E-state index contributed by atoms with van der Waals surface area (Å²) in [5.41, 5.74) is 9.19. The number of benzene rings is 3. The van der Waals surface area contributed by atoms with E-state index in [2.05, 4.69) is 15.0 Å². The van der Waals surface area contributed by atoms with Crippen LogP contribution < -0.4 is 15.8 Å². The number of nitrogens with one attached hydrogen (secondary N) is 1. The Kier molecular flexibility index (Phi) is 7.60. The number of anilines is 1. The lowest BCUT2D eigenvalue weighted by molar-refractivity contribution is -0.131. The second-order valence-corrected chi connectivity index (χ2v) is 11.8. The Bertz CT molecular complexity index is 2100. The van der Waals surface area contributed by atoms with E-state index in [4.69, 9.17) is 20.3 Å². The first-order valence-electron chi connectivity index (χ1n) is 13.5. The zero-order valence-electron chi connectivity index (χ0n) is 23.5. The molecule has 1 aliphatic heterocycles. The molecule has 0 fully saturated rings. The van der Waals surface area contributed by atoms with Crippen molar-refractivity contribution in [1.29, 1.82) is 5.41 Å². The number of nitrogens with zero attached hydrogens (tertiary/aromatic N) is 4. The van der Waals surface area contributed by atoms with Gasteiger partial charge in [0.2, 0.25) is 10.0 Å². The number of hydrogen-bond donors (Lipinski definition) is 2. The number of fused-ring (bicyclic) bond motifs is 2. The van der Waals surface area contributed by atoms with Gasteiger partial charge in [0.05, 0.1) is 29.8 Å². The molecule has 11 nitrogen and oxygen atoms in total. The number of pyridine rings is 1. The van der Waals surface area contributed by atoms with E-state index in [1.807, 2.05) is 0 Å². The van der Waals surface area contributed by atoms with E-state index in [1.54, 1.807) is 72.9 Å². The van der Waals surface area contributed by atoms with Gasteiger partial charge in [0.1, 0.15) is 11.3 Å². The maximum atomic E-state index is 14.6. The van der Waals surface area contributed by atoms with Crippen LogP contribution in [0, 0.1) is 5.41 Å². The van der Waals surface area contributed by atoms with E-state index in [0.29, 0.717) is 39.2 Å². The van der Waals surface area contributed by atoms with Crippen molar-refractivity contribution in [3.63, 3.8) is 0 Å². The number of para-hydroxylation sites is 1. The number of aromatic nitrogens is 3. The number of ether oxygens (including phenoxy) is 1. The standard InChI is InChI=1S/C32H26N6O5S/c1-20(39)42-28-8-3-2-7-24(28)30-25-10-9-21(33)16-29(25)43-31-26(30)11-12-27(34)32(31)44(40,41)38(18-22-6-4-5-13-36-22)19-23-17-35-14-15-37-23/h2-17,34H,18-19,33H2,1H3. The summed E-state index contributed by atoms with van der Waals surface area (Å²) >= 11 is 0. The van der Waals surface area contributed by atoms with Crippen LogP contribution in [-0.4, -0.2) is 33.6 Å². The van der Waals surface area contributed by atoms with E-state index in [9.17, 15) is 13.2 Å². The Hall–Kier alpha value is -5.46. The van der Waals surface area contributed by atoms with Gasteiger partial charge >= 0.3 is 5.97 Å². The average molecular weight is 607 g/mol. The van der Waals surface area contributed by atoms with E-state index in [-0.39, 0.29) is 40.4 Å². The third-order valence-electron chi connectivity index (χ3n) is 6.90. The number of nitrogen functional groups attached to an aromatic ring is 1. The lowest BCUT2D eigenvalue weighted by Crippen LogP contribution is -2.34. The Balaban J connectivity index is 1.62. The molecule has 2 aromatic carbocycles. The minimum Gasteiger partial charge on any atom is -0.454 e. The maximum Gasteiger partial charge on any atom is 0.308 e. The van der Waals surface area contributed by atoms with Crippen molar-refractivity contribution in [2.75, 3.05) is 5.73 Å². The highest BCUT2D eigenvalue weighted by Crippen LogP contribution is 2.45. The van der Waals surface area contributed by atoms with Crippen molar-refractivity contribution in [1.82, 2.24) is 19.3 Å². The Morgan fingerprint density at radius 1 is 0.932 bits per heavy atom. The molecule has 4 aromatic rings. The molecule has 0 amide bonds. The second kappa shape index (κ2) is 11.7. The first kappa shape index (κ1) is 28.6. The van der Waals surface area contributed by atoms with E-state index in [1.165, 1.54) is 35.9 Å². The molecular formula is C32H26N6O5S. The number of carbonyl (C=O) groups excluding carboxylic acids is 1. The highest BCUT2D eigenvalue weighted by Gasteiger charge is 2.34. The van der Waals surface area contributed by atoms with Crippen molar-refractivity contribution in [3.8, 4) is 28.2 Å². The van der Waals surface area contributed by atoms with Gasteiger partial charge in [-0.25, -0.2) is 8.42 Å². The van der Waals surface area contributed by atoms with Gasteiger partial charge in [-0.15, -0.1) is 0 Å². The minimum absolute atomic E-state index is 0.0478. The molecule has 0 radical (unpaired) electrons. The third-order valence-corrected chi connectivity index (χ3v) is 8.76. The first-order chi connectivity index (χ1) is 21.2. The minimum atomic E-state index is -4.43. The lowest BCUT2D eigenvalue weighted by atomic mass is 9.93. The van der Waals surface area contributed by atoms with Gasteiger partial charge < -0.3 is 14.9 Å². The summed E-state index contributed by atoms with van der Waals surface area (Å²) in [6.45, 7) is 1.07. The number of nitrogens with two attached hydrogens (primary N) is 1. The molecule has 1 aliphatic carbocycles. The monoisotopic (exact) mass is 606 g/mol. The predicted octanol–water partition coefficient (Wildman–Crippen LogP) is 4.77. The van der Waals surface area contributed by atoms with Crippen molar-refractivity contribution < 1.29 is 22.4 Å². The smallest absolute Gasteiger partial charge is 0.308 e. The van der Waals surface area contributed by atoms with Gasteiger partial charge in [0.15, 0.2) is 10.7 Å². The van der Waals surface area contributed by atoms with Crippen LogP contribution in [0.4, 0.5) is 5.69 Å². The van der Waals surface area contributed by atoms with Gasteiger partial charge in [-0.1, -0.05) is 24.3 Å². The van der Waals surface area contributed by atoms with Crippen LogP contribution in [0.3, 0.4) is 0 Å². The topological polar surface area (TPSA) is 165 Å². The second-order valence-electron chi connectivity index (χ2n) is 9.93. The normalized spacial score (nSPS) is 11.7. The van der Waals surface area contributed by atoms with Gasteiger partial charge in [-0.05, 0) is 42.5 Å². The summed E-state index contributed by atoms with van der Waals surface area (Å²) in [6, 6.07) is 20.3. The molecule has 2 aromatic heterocycles. The quantitative estimate of drug-likeness (QED) is 0.107. The summed E-state index contributed by atoms with van der Waals surface area (Å²) in [5, 5.41) is 9.16. The third kappa shape index (κ3) is 5.51. The molecule has 0 spiro atoms. The fourth-order valence-corrected chi connectivity index (χ4v) is 6.62. The Morgan fingerprint density at radius 2 is 1.70 bits per heavy atom. The van der Waals surface area contributed by atoms with Gasteiger partial charge in [0.25, 0.3) is 0 Å². The molecule has 2 aliphatic rings. The van der Waals surface area contributed by atoms with Crippen LogP contribution >= 0.6 is 0 Å². The van der Waals surface area contributed by atoms with Gasteiger partial charge in [-0.3, -0.25) is 25.2 Å². The summed E-state index contributed by atoms with van der Waals surface area (Å²) in [4.78, 5) is 24.3. The van der Waals surface area contributed by atoms with Crippen molar-refractivity contribution in [2.45, 2.75) is 24.9 Å². The Labute approximate surface area is 252 Å². The molecule has 3 N–H and O–H groups in total. The van der Waals surface area contributed by atoms with E-state index < -0.39 is 16.0 Å². The number of esters is 1. The van der Waals surface area contributed by atoms with Crippen LogP contribution in [0.1, 0.15) is 18.3 Å². The SMILES string of the molecule is CC(=O)Oc1ccccc1-c1c2ccc(=N)c(S(=O)(=O)N(Cc3ccccn3)Cc3cnccn3)c-2oc2cc(N)ccc12. The molecule has 0 saturated carbocycles. The number of sulfonamides is 1. The van der Waals surface area contributed by atoms with E-state index in [0.717, 1.165) is 0 Å². The lowest BCUT2D eigenvalue weighted by Gasteiger charge is -2.24. The molecule has 0 bridgehead atoms. The Morgan fingerprint density at radius 3 is 2.45 bits per heavy atom. The highest BCUT2D eigenvalue weighted by atomic mass is 32.2. The summed E-state index contributed by atoms with van der Waals surface area (Å²) in [6.07, 6.45) is 6.04. The molecular weight excluding hydrogens is 580 g/mol. The van der Waals surface area contributed by atoms with Crippen LogP contribution in [0.2, 0.25) is 0 Å². The van der Waals surface area contributed by atoms with Crippen LogP contribution in [-0.2, 0) is 27.9 Å². The zero-order chi connectivity index (χ0) is 30.8. The predicted molar refractivity (Wildman–Crippen MR) is 163 cm³/mol. The van der Waals surface area contributed by atoms with Crippen molar-refractivity contribution >= 4 is 32.6 Å². The zero-order valence-corrected chi connectivity index (χ0v) is 24.3. The van der Waals surface area contributed by atoms with Crippen LogP contribution in [0.25, 0.3) is 33.4 Å². The van der Waals surface area contributed by atoms with Crippen LogP contribution in [0.5, 0.6) is 5.75 Å². The highest BCUT2D eigenvalue weighted by molar-refractivity contribution is 7.89. The average Bonchev–Trinajstić information content (AvgIpc) is 3.00. The summed E-state index contributed by atoms with van der Waals surface area (Å²) in [7, 11) is -4.43. The molecule has 0 unspecified atom stereocenters. The fraction of sp³-hybridized carbons (Fsp3) is 0.0938. The maximum absolute atomic E-state index is 14.6. The summed E-state index contributed by atoms with van der Waals surface area (Å²) < 4.78 is 42.3. The van der Waals surface area contributed by atoms with E-state index >= 15 is 0 Å². The molecule has 12 heteroatoms. The molecule has 6 rings (SSSR count). The molecule has 44 heavy (non-hydrogen) atoms. The number of carbonyl (C=O) groups is 1. The summed E-state index contributed by atoms with van der Waals surface area (Å²) in [5.74, 6) is -0.278. The largest absolute Gasteiger partial charge is 0.454 e. The van der Waals surface area contributed by atoms with Gasteiger partial charge in [-0.2, -0.15) is 4.31 Å². The molecule has 0 saturated heterocycles.